The molecule has 0 aliphatic carbocycles. The molecule has 1 amide bonds. The molecule has 4 N–H and O–H groups in total. The van der Waals surface area contributed by atoms with Gasteiger partial charge in [-0.15, -0.1) is 27.8 Å². The molecule has 0 saturated carbocycles. The largest absolute Gasteiger partial charge is 0.394 e. The lowest BCUT2D eigenvalue weighted by atomic mass is 10.3. The zero-order valence-corrected chi connectivity index (χ0v) is 20.7. The molecule has 0 saturated heterocycles. The van der Waals surface area contributed by atoms with Crippen LogP contribution < -0.4 is 16.4 Å². The molecule has 0 aliphatic rings. The lowest BCUT2D eigenvalue weighted by Gasteiger charge is -2.02. The first-order valence-corrected chi connectivity index (χ1v) is 12.7. The van der Waals surface area contributed by atoms with Crippen LogP contribution in [0.15, 0.2) is 78.4 Å². The minimum atomic E-state index is -0.278. The number of amides is 1. The summed E-state index contributed by atoms with van der Waals surface area (Å²) >= 11 is 2.82. The van der Waals surface area contributed by atoms with Crippen LogP contribution in [0.25, 0.3) is 22.7 Å². The van der Waals surface area contributed by atoms with Crippen molar-refractivity contribution in [2.24, 2.45) is 0 Å². The number of thiazole rings is 1. The summed E-state index contributed by atoms with van der Waals surface area (Å²) in [5, 5.41) is 14.0. The number of aryl methyl sites for hydroxylation is 1. The molecule has 36 heavy (non-hydrogen) atoms. The van der Waals surface area contributed by atoms with Gasteiger partial charge < -0.3 is 16.4 Å². The molecule has 0 fully saturated rings. The third kappa shape index (κ3) is 4.10. The maximum atomic E-state index is 12.8. The first kappa shape index (κ1) is 22.0. The molecule has 5 aromatic heterocycles. The number of nitrogen functional groups attached to an aromatic ring is 1. The monoisotopic (exact) mass is 512 g/mol. The second kappa shape index (κ2) is 8.95. The van der Waals surface area contributed by atoms with Gasteiger partial charge in [0.25, 0.3) is 5.91 Å². The molecule has 0 unspecified atom stereocenters. The number of nitrogens with two attached hydrogens (primary N) is 1. The van der Waals surface area contributed by atoms with Gasteiger partial charge in [-0.2, -0.15) is 0 Å². The second-order valence-corrected chi connectivity index (χ2v) is 9.91. The average molecular weight is 513 g/mol. The number of thiophene rings is 1. The molecule has 0 atom stereocenters. The summed E-state index contributed by atoms with van der Waals surface area (Å²) in [6.45, 7) is 1.98. The SMILES string of the molecule is Cc1nc2ccccn2c1-c1csc(Nc2ccc(C(=O)Nc3nn(-c4ccccc4)cc3N)s2)n1. The standard InChI is InChI=1S/C25H20N8OS2/c1-15-22(32-12-6-5-9-20(32)27-15)18-14-35-25(28-18)29-21-11-10-19(36-21)24(34)30-23-17(26)13-33(31-23)16-7-3-2-4-8-16/h2-14H,26H2,1H3,(H,28,29)(H,30,31,34). The molecule has 0 radical (unpaired) electrons. The van der Waals surface area contributed by atoms with E-state index in [2.05, 4.69) is 20.7 Å². The van der Waals surface area contributed by atoms with Crippen molar-refractivity contribution in [1.29, 1.82) is 0 Å². The van der Waals surface area contributed by atoms with Gasteiger partial charge >= 0.3 is 0 Å². The number of carbonyl (C=O) groups is 1. The van der Waals surface area contributed by atoms with E-state index in [1.807, 2.05) is 77.5 Å². The highest BCUT2D eigenvalue weighted by molar-refractivity contribution is 7.19. The van der Waals surface area contributed by atoms with Crippen molar-refractivity contribution in [3.63, 3.8) is 0 Å². The first-order chi connectivity index (χ1) is 17.5. The van der Waals surface area contributed by atoms with E-state index in [1.54, 1.807) is 16.9 Å². The van der Waals surface area contributed by atoms with E-state index in [0.29, 0.717) is 16.4 Å². The van der Waals surface area contributed by atoms with E-state index in [1.165, 1.54) is 22.7 Å². The molecule has 11 heteroatoms. The molecule has 1 aromatic carbocycles. The molecule has 178 valence electrons. The van der Waals surface area contributed by atoms with Crippen molar-refractivity contribution in [3.05, 3.63) is 89.0 Å². The van der Waals surface area contributed by atoms with Crippen LogP contribution in [-0.4, -0.2) is 30.1 Å². The van der Waals surface area contributed by atoms with Crippen LogP contribution in [0.4, 0.5) is 21.6 Å². The van der Waals surface area contributed by atoms with Crippen LogP contribution in [0.1, 0.15) is 15.4 Å². The summed E-state index contributed by atoms with van der Waals surface area (Å²) in [6.07, 6.45) is 3.66. The Morgan fingerprint density at radius 1 is 1.03 bits per heavy atom. The lowest BCUT2D eigenvalue weighted by molar-refractivity contribution is 0.103. The normalized spacial score (nSPS) is 11.1. The van der Waals surface area contributed by atoms with Gasteiger partial charge in [-0.05, 0) is 43.3 Å². The van der Waals surface area contributed by atoms with Crippen LogP contribution in [0.5, 0.6) is 0 Å². The third-order valence-corrected chi connectivity index (χ3v) is 7.26. The van der Waals surface area contributed by atoms with Crippen LogP contribution in [-0.2, 0) is 0 Å². The Balaban J connectivity index is 1.17. The maximum Gasteiger partial charge on any atom is 0.267 e. The van der Waals surface area contributed by atoms with Crippen molar-refractivity contribution >= 4 is 55.9 Å². The van der Waals surface area contributed by atoms with Crippen LogP contribution in [0.2, 0.25) is 0 Å². The number of nitrogens with zero attached hydrogens (tertiary/aromatic N) is 5. The molecular formula is C25H20N8OS2. The van der Waals surface area contributed by atoms with Gasteiger partial charge in [-0.1, -0.05) is 24.3 Å². The number of nitrogens with one attached hydrogen (secondary N) is 2. The highest BCUT2D eigenvalue weighted by Gasteiger charge is 2.17. The Morgan fingerprint density at radius 3 is 2.72 bits per heavy atom. The van der Waals surface area contributed by atoms with Crippen molar-refractivity contribution in [3.8, 4) is 17.1 Å². The fourth-order valence-corrected chi connectivity index (χ4v) is 5.43. The molecule has 9 nitrogen and oxygen atoms in total. The van der Waals surface area contributed by atoms with Crippen molar-refractivity contribution in [2.75, 3.05) is 16.4 Å². The third-order valence-electron chi connectivity index (χ3n) is 5.51. The van der Waals surface area contributed by atoms with E-state index in [0.717, 1.165) is 38.5 Å². The lowest BCUT2D eigenvalue weighted by Crippen LogP contribution is -2.12. The van der Waals surface area contributed by atoms with Gasteiger partial charge in [0.05, 0.1) is 38.8 Å². The summed E-state index contributed by atoms with van der Waals surface area (Å²) in [7, 11) is 0. The highest BCUT2D eigenvalue weighted by atomic mass is 32.1. The number of hydrogen-bond donors (Lipinski definition) is 3. The van der Waals surface area contributed by atoms with E-state index in [-0.39, 0.29) is 5.91 Å². The van der Waals surface area contributed by atoms with E-state index < -0.39 is 0 Å². The number of anilines is 4. The number of fused-ring (bicyclic) bond motifs is 1. The Kier molecular flexibility index (Phi) is 5.47. The van der Waals surface area contributed by atoms with E-state index in [9.17, 15) is 4.79 Å². The minimum absolute atomic E-state index is 0.278. The number of aromatic nitrogens is 5. The summed E-state index contributed by atoms with van der Waals surface area (Å²) in [6, 6.07) is 19.1. The molecular weight excluding hydrogens is 492 g/mol. The number of rotatable bonds is 6. The summed E-state index contributed by atoms with van der Waals surface area (Å²) in [5.74, 6) is 0.0407. The van der Waals surface area contributed by atoms with Gasteiger partial charge in [-0.3, -0.25) is 9.20 Å². The smallest absolute Gasteiger partial charge is 0.267 e. The van der Waals surface area contributed by atoms with Crippen LogP contribution >= 0.6 is 22.7 Å². The zero-order chi connectivity index (χ0) is 24.6. The number of benzene rings is 1. The van der Waals surface area contributed by atoms with Crippen molar-refractivity contribution in [1.82, 2.24) is 24.1 Å². The molecule has 0 spiro atoms. The Hall–Kier alpha value is -4.48. The molecule has 5 heterocycles. The minimum Gasteiger partial charge on any atom is -0.394 e. The first-order valence-electron chi connectivity index (χ1n) is 11.0. The van der Waals surface area contributed by atoms with E-state index in [4.69, 9.17) is 10.7 Å². The molecule has 0 aliphatic heterocycles. The summed E-state index contributed by atoms with van der Waals surface area (Å²) in [5.41, 5.74) is 10.9. The van der Waals surface area contributed by atoms with Gasteiger partial charge in [-0.25, -0.2) is 14.6 Å². The predicted molar refractivity (Wildman–Crippen MR) is 145 cm³/mol. The zero-order valence-electron chi connectivity index (χ0n) is 19.0. The molecule has 0 bridgehead atoms. The predicted octanol–water partition coefficient (Wildman–Crippen LogP) is 5.59. The highest BCUT2D eigenvalue weighted by Crippen LogP contribution is 2.32. The van der Waals surface area contributed by atoms with Crippen molar-refractivity contribution < 1.29 is 4.79 Å². The Labute approximate surface area is 213 Å². The Morgan fingerprint density at radius 2 is 1.86 bits per heavy atom. The number of carbonyl (C=O) groups excluding carboxylic acids is 1. The van der Waals surface area contributed by atoms with Gasteiger partial charge in [0.15, 0.2) is 10.9 Å². The van der Waals surface area contributed by atoms with Crippen molar-refractivity contribution in [2.45, 2.75) is 6.92 Å². The van der Waals surface area contributed by atoms with Gasteiger partial charge in [0.1, 0.15) is 11.3 Å². The number of para-hydroxylation sites is 1. The topological polar surface area (TPSA) is 115 Å². The quantitative estimate of drug-likeness (QED) is 0.268. The fourth-order valence-electron chi connectivity index (χ4n) is 3.86. The number of pyridine rings is 1. The fraction of sp³-hybridized carbons (Fsp3) is 0.0400. The average Bonchev–Trinajstić information content (AvgIpc) is 3.67. The van der Waals surface area contributed by atoms with Crippen LogP contribution in [0.3, 0.4) is 0 Å². The van der Waals surface area contributed by atoms with Crippen LogP contribution in [0, 0.1) is 6.92 Å². The summed E-state index contributed by atoms with van der Waals surface area (Å²) < 4.78 is 3.67. The molecule has 6 aromatic rings. The van der Waals surface area contributed by atoms with Gasteiger partial charge in [0, 0.05) is 11.6 Å². The maximum absolute atomic E-state index is 12.8. The number of hydrogen-bond acceptors (Lipinski definition) is 8. The summed E-state index contributed by atoms with van der Waals surface area (Å²) in [4.78, 5) is 22.7. The second-order valence-electron chi connectivity index (χ2n) is 7.97. The number of imidazole rings is 1. The molecule has 6 rings (SSSR count). The van der Waals surface area contributed by atoms with Gasteiger partial charge in [0.2, 0.25) is 0 Å². The van der Waals surface area contributed by atoms with E-state index >= 15 is 0 Å². The Bertz CT molecular complexity index is 1700.